The van der Waals surface area contributed by atoms with Gasteiger partial charge in [-0.1, -0.05) is 17.7 Å². The van der Waals surface area contributed by atoms with Crippen molar-refractivity contribution < 1.29 is 8.42 Å². The second-order valence-electron chi connectivity index (χ2n) is 5.66. The van der Waals surface area contributed by atoms with E-state index in [-0.39, 0.29) is 4.90 Å². The average molecular weight is 329 g/mol. The summed E-state index contributed by atoms with van der Waals surface area (Å²) in [5, 5.41) is 0. The quantitative estimate of drug-likeness (QED) is 0.782. The van der Waals surface area contributed by atoms with E-state index in [1.165, 1.54) is 0 Å². The number of hydrogen-bond acceptors (Lipinski definition) is 3. The van der Waals surface area contributed by atoms with Crippen LogP contribution >= 0.6 is 0 Å². The van der Waals surface area contributed by atoms with Crippen molar-refractivity contribution in [1.82, 2.24) is 14.1 Å². The van der Waals surface area contributed by atoms with Crippen molar-refractivity contribution in [2.24, 2.45) is 0 Å². The molecule has 0 bridgehead atoms. The van der Waals surface area contributed by atoms with Crippen LogP contribution in [0.15, 0.2) is 53.7 Å². The Hall–Kier alpha value is -2.18. The van der Waals surface area contributed by atoms with Crippen LogP contribution in [0.1, 0.15) is 16.8 Å². The van der Waals surface area contributed by atoms with Crippen molar-refractivity contribution in [3.63, 3.8) is 0 Å². The SMILES string of the molecule is Cc1ccc(S(=O)(=O)NCCc2cn3ccc(C)cc3n2)cc1. The molecule has 0 radical (unpaired) electrons. The van der Waals surface area contributed by atoms with E-state index in [0.29, 0.717) is 13.0 Å². The Morgan fingerprint density at radius 3 is 2.57 bits per heavy atom. The molecule has 0 aliphatic carbocycles. The number of imidazole rings is 1. The van der Waals surface area contributed by atoms with Gasteiger partial charge in [0.15, 0.2) is 0 Å². The predicted molar refractivity (Wildman–Crippen MR) is 90.0 cm³/mol. The lowest BCUT2D eigenvalue weighted by Crippen LogP contribution is -2.26. The summed E-state index contributed by atoms with van der Waals surface area (Å²) in [6, 6.07) is 10.8. The van der Waals surface area contributed by atoms with Crippen molar-refractivity contribution in [1.29, 1.82) is 0 Å². The lowest BCUT2D eigenvalue weighted by atomic mass is 10.2. The zero-order valence-corrected chi connectivity index (χ0v) is 14.0. The van der Waals surface area contributed by atoms with Gasteiger partial charge in [-0.3, -0.25) is 0 Å². The normalized spacial score (nSPS) is 11.9. The van der Waals surface area contributed by atoms with E-state index >= 15 is 0 Å². The molecule has 6 heteroatoms. The number of fused-ring (bicyclic) bond motifs is 1. The standard InChI is InChI=1S/C17H19N3O2S/c1-13-3-5-16(6-4-13)23(21,22)18-9-7-15-12-20-10-8-14(2)11-17(20)19-15/h3-6,8,10-12,18H,7,9H2,1-2H3. The molecular formula is C17H19N3O2S. The number of aryl methyl sites for hydroxylation is 2. The molecule has 0 amide bonds. The molecule has 0 unspecified atom stereocenters. The van der Waals surface area contributed by atoms with Crippen molar-refractivity contribution in [2.75, 3.05) is 6.54 Å². The van der Waals surface area contributed by atoms with Gasteiger partial charge in [0.2, 0.25) is 10.0 Å². The first kappa shape index (κ1) is 15.7. The van der Waals surface area contributed by atoms with E-state index in [2.05, 4.69) is 9.71 Å². The second-order valence-corrected chi connectivity index (χ2v) is 7.43. The number of pyridine rings is 1. The van der Waals surface area contributed by atoms with Gasteiger partial charge < -0.3 is 4.40 Å². The Morgan fingerprint density at radius 2 is 1.83 bits per heavy atom. The monoisotopic (exact) mass is 329 g/mol. The highest BCUT2D eigenvalue weighted by molar-refractivity contribution is 7.89. The first-order valence-corrected chi connectivity index (χ1v) is 8.93. The summed E-state index contributed by atoms with van der Waals surface area (Å²) >= 11 is 0. The highest BCUT2D eigenvalue weighted by Crippen LogP contribution is 2.11. The Labute approximate surface area is 136 Å². The number of benzene rings is 1. The second kappa shape index (κ2) is 6.14. The van der Waals surface area contributed by atoms with Gasteiger partial charge in [0.25, 0.3) is 0 Å². The summed E-state index contributed by atoms with van der Waals surface area (Å²) in [5.74, 6) is 0. The Kier molecular flexibility index (Phi) is 4.19. The third-order valence-corrected chi connectivity index (χ3v) is 5.15. The van der Waals surface area contributed by atoms with Gasteiger partial charge in [0.1, 0.15) is 5.65 Å². The Bertz CT molecular complexity index is 928. The van der Waals surface area contributed by atoms with Gasteiger partial charge >= 0.3 is 0 Å². The molecule has 0 saturated carbocycles. The highest BCUT2D eigenvalue weighted by Gasteiger charge is 2.13. The lowest BCUT2D eigenvalue weighted by molar-refractivity contribution is 0.581. The largest absolute Gasteiger partial charge is 0.307 e. The minimum Gasteiger partial charge on any atom is -0.307 e. The van der Waals surface area contributed by atoms with Crippen LogP contribution in [0, 0.1) is 13.8 Å². The van der Waals surface area contributed by atoms with Crippen LogP contribution in [0.5, 0.6) is 0 Å². The van der Waals surface area contributed by atoms with E-state index in [4.69, 9.17) is 0 Å². The molecule has 3 rings (SSSR count). The summed E-state index contributed by atoms with van der Waals surface area (Å²) in [7, 11) is -3.47. The first-order chi connectivity index (χ1) is 10.9. The van der Waals surface area contributed by atoms with Crippen LogP contribution in [0.4, 0.5) is 0 Å². The molecule has 0 fully saturated rings. The van der Waals surface area contributed by atoms with E-state index < -0.39 is 10.0 Å². The molecule has 3 aromatic rings. The van der Waals surface area contributed by atoms with Crippen LogP contribution < -0.4 is 4.72 Å². The maximum absolute atomic E-state index is 12.2. The summed E-state index contributed by atoms with van der Waals surface area (Å²) in [6.45, 7) is 4.26. The summed E-state index contributed by atoms with van der Waals surface area (Å²) in [6.07, 6.45) is 4.43. The number of nitrogens with zero attached hydrogens (tertiary/aromatic N) is 2. The molecule has 0 aliphatic rings. The Balaban J connectivity index is 1.66. The molecular weight excluding hydrogens is 310 g/mol. The molecule has 1 N–H and O–H groups in total. The molecule has 0 saturated heterocycles. The summed E-state index contributed by atoms with van der Waals surface area (Å²) in [5.41, 5.74) is 3.92. The van der Waals surface area contributed by atoms with Crippen molar-refractivity contribution >= 4 is 15.7 Å². The zero-order chi connectivity index (χ0) is 16.4. The number of nitrogens with one attached hydrogen (secondary N) is 1. The highest BCUT2D eigenvalue weighted by atomic mass is 32.2. The lowest BCUT2D eigenvalue weighted by Gasteiger charge is -2.06. The van der Waals surface area contributed by atoms with Crippen molar-refractivity contribution in [3.05, 3.63) is 65.6 Å². The molecule has 23 heavy (non-hydrogen) atoms. The Morgan fingerprint density at radius 1 is 1.09 bits per heavy atom. The van der Waals surface area contributed by atoms with Crippen LogP contribution in [-0.2, 0) is 16.4 Å². The molecule has 0 aliphatic heterocycles. The van der Waals surface area contributed by atoms with Gasteiger partial charge in [0.05, 0.1) is 10.6 Å². The smallest absolute Gasteiger partial charge is 0.240 e. The van der Waals surface area contributed by atoms with Crippen molar-refractivity contribution in [3.8, 4) is 0 Å². The topological polar surface area (TPSA) is 63.5 Å². The fourth-order valence-electron chi connectivity index (χ4n) is 2.37. The number of sulfonamides is 1. The first-order valence-electron chi connectivity index (χ1n) is 7.45. The van der Waals surface area contributed by atoms with Crippen LogP contribution in [0.25, 0.3) is 5.65 Å². The van der Waals surface area contributed by atoms with E-state index in [1.54, 1.807) is 24.3 Å². The average Bonchev–Trinajstić information content (AvgIpc) is 2.89. The predicted octanol–water partition coefficient (Wildman–Crippen LogP) is 2.47. The van der Waals surface area contributed by atoms with Gasteiger partial charge in [-0.2, -0.15) is 0 Å². The van der Waals surface area contributed by atoms with Crippen molar-refractivity contribution in [2.45, 2.75) is 25.2 Å². The van der Waals surface area contributed by atoms with Crippen LogP contribution in [-0.4, -0.2) is 24.3 Å². The van der Waals surface area contributed by atoms with Crippen LogP contribution in [0.2, 0.25) is 0 Å². The summed E-state index contributed by atoms with van der Waals surface area (Å²) in [4.78, 5) is 4.79. The number of rotatable bonds is 5. The van der Waals surface area contributed by atoms with Gasteiger partial charge in [-0.05, 0) is 43.7 Å². The third-order valence-electron chi connectivity index (χ3n) is 3.67. The molecule has 1 aromatic carbocycles. The number of hydrogen-bond donors (Lipinski definition) is 1. The van der Waals surface area contributed by atoms with Gasteiger partial charge in [0, 0.05) is 25.4 Å². The van der Waals surface area contributed by atoms with Gasteiger partial charge in [-0.25, -0.2) is 18.1 Å². The maximum Gasteiger partial charge on any atom is 0.240 e. The fraction of sp³-hybridized carbons (Fsp3) is 0.235. The minimum atomic E-state index is -3.47. The molecule has 0 atom stereocenters. The number of aromatic nitrogens is 2. The molecule has 5 nitrogen and oxygen atoms in total. The molecule has 120 valence electrons. The molecule has 0 spiro atoms. The van der Waals surface area contributed by atoms with Gasteiger partial charge in [-0.15, -0.1) is 0 Å². The fourth-order valence-corrected chi connectivity index (χ4v) is 3.40. The summed E-state index contributed by atoms with van der Waals surface area (Å²) < 4.78 is 29.0. The molecule has 2 heterocycles. The zero-order valence-electron chi connectivity index (χ0n) is 13.2. The molecule has 2 aromatic heterocycles. The van der Waals surface area contributed by atoms with E-state index in [1.807, 2.05) is 42.8 Å². The van der Waals surface area contributed by atoms with E-state index in [9.17, 15) is 8.42 Å². The maximum atomic E-state index is 12.2. The minimum absolute atomic E-state index is 0.286. The van der Waals surface area contributed by atoms with Crippen LogP contribution in [0.3, 0.4) is 0 Å². The van der Waals surface area contributed by atoms with E-state index in [0.717, 1.165) is 22.5 Å². The third kappa shape index (κ3) is 3.60.